The highest BCUT2D eigenvalue weighted by atomic mass is 79.9. The zero-order valence-corrected chi connectivity index (χ0v) is 75.9. The fraction of sp³-hybridized carbons (Fsp3) is 0.523. The Labute approximate surface area is 729 Å². The number of piperidine rings is 6. The van der Waals surface area contributed by atoms with E-state index in [-0.39, 0.29) is 47.3 Å². The number of pyridine rings is 3. The van der Waals surface area contributed by atoms with Crippen LogP contribution in [-0.4, -0.2) is 163 Å². The monoisotopic (exact) mass is 1980 g/mol. The van der Waals surface area contributed by atoms with Crippen LogP contribution in [-0.2, 0) is 69.0 Å². The van der Waals surface area contributed by atoms with Gasteiger partial charge in [0.1, 0.15) is 12.4 Å². The summed E-state index contributed by atoms with van der Waals surface area (Å²) in [5.74, 6) is 4.02. The van der Waals surface area contributed by atoms with Crippen LogP contribution in [0.3, 0.4) is 0 Å². The number of carbonyl (C=O) groups is 5. The van der Waals surface area contributed by atoms with E-state index in [1.807, 2.05) is 64.3 Å². The molecule has 10 heterocycles. The van der Waals surface area contributed by atoms with Gasteiger partial charge in [-0.05, 0) is 324 Å². The second kappa shape index (κ2) is 38.6. The van der Waals surface area contributed by atoms with Crippen molar-refractivity contribution >= 4 is 172 Å². The van der Waals surface area contributed by atoms with Crippen molar-refractivity contribution in [2.45, 2.75) is 166 Å². The van der Waals surface area contributed by atoms with Crippen molar-refractivity contribution in [2.24, 2.45) is 35.5 Å². The number of benzene rings is 3. The van der Waals surface area contributed by atoms with Gasteiger partial charge in [-0.25, -0.2) is 4.98 Å². The zero-order valence-electron chi connectivity index (χ0n) is 63.3. The molecule has 0 saturated carbocycles. The Morgan fingerprint density at radius 2 is 0.696 bits per heavy atom. The van der Waals surface area contributed by atoms with E-state index < -0.39 is 0 Å². The van der Waals surface area contributed by atoms with Crippen LogP contribution in [0, 0.1) is 42.4 Å². The predicted octanol–water partition coefficient (Wildman–Crippen LogP) is 19.3. The highest BCUT2D eigenvalue weighted by Gasteiger charge is 2.42. The summed E-state index contributed by atoms with van der Waals surface area (Å²) in [5, 5.41) is 5.68. The van der Waals surface area contributed by atoms with Crippen LogP contribution in [0.5, 0.6) is 0 Å². The number of nitrogens with one attached hydrogen (secondary N) is 1. The summed E-state index contributed by atoms with van der Waals surface area (Å²) in [5.41, 5.74) is 16.2. The molecule has 3 atom stereocenters. The topological polar surface area (TPSA) is 170 Å². The van der Waals surface area contributed by atoms with Crippen molar-refractivity contribution in [1.82, 2.24) is 54.3 Å². The molecule has 16 nitrogen and oxygen atoms in total. The molecule has 4 aromatic heterocycles. The second-order valence-corrected chi connectivity index (χ2v) is 39.2. The second-order valence-electron chi connectivity index (χ2n) is 32.3. The highest BCUT2D eigenvalue weighted by molar-refractivity contribution is 9.11. The van der Waals surface area contributed by atoms with E-state index in [1.165, 1.54) is 55.8 Å². The largest absolute Gasteiger partial charge is 0.343 e. The lowest BCUT2D eigenvalue weighted by molar-refractivity contribution is -0.136. The molecule has 596 valence electrons. The van der Waals surface area contributed by atoms with Gasteiger partial charge in [0.2, 0.25) is 29.5 Å². The molecule has 6 fully saturated rings. The quantitative estimate of drug-likeness (QED) is 0.116. The van der Waals surface area contributed by atoms with Gasteiger partial charge in [0.15, 0.2) is 0 Å². The number of hydrogen-bond acceptors (Lipinski definition) is 10. The lowest BCUT2D eigenvalue weighted by atomic mass is 9.76. The van der Waals surface area contributed by atoms with E-state index in [2.05, 4.69) is 157 Å². The third-order valence-corrected chi connectivity index (χ3v) is 29.5. The number of hydrogen-bond donors (Lipinski definition) is 1. The molecule has 3 aromatic carbocycles. The van der Waals surface area contributed by atoms with E-state index in [4.69, 9.17) is 61.4 Å². The molecule has 3 aliphatic carbocycles. The van der Waals surface area contributed by atoms with Crippen LogP contribution in [0.25, 0.3) is 0 Å². The molecule has 6 aliphatic heterocycles. The Balaban J connectivity index is 0.000000141. The molecule has 6 saturated heterocycles. The molecule has 1 N–H and O–H groups in total. The lowest BCUT2D eigenvalue weighted by Gasteiger charge is -2.38. The number of fused-ring (bicyclic) bond motifs is 6. The molecule has 5 amide bonds. The molecule has 0 radical (unpaired) electrons. The number of rotatable bonds is 12. The average Bonchev–Trinajstić information content (AvgIpc) is 1.57. The van der Waals surface area contributed by atoms with Crippen molar-refractivity contribution in [2.75, 3.05) is 84.4 Å². The summed E-state index contributed by atoms with van der Waals surface area (Å²) in [4.78, 5) is 93.2. The fourth-order valence-corrected chi connectivity index (χ4v) is 24.1. The Hall–Kier alpha value is -4.33. The number of amides is 5. The average molecular weight is 1990 g/mol. The minimum Gasteiger partial charge on any atom is -0.343 e. The maximum absolute atomic E-state index is 13.4. The summed E-state index contributed by atoms with van der Waals surface area (Å²) in [7, 11) is 0. The van der Waals surface area contributed by atoms with Crippen LogP contribution < -0.4 is 5.32 Å². The number of likely N-dealkylation sites (tertiary alicyclic amines) is 5. The Kier molecular flexibility index (Phi) is 29.0. The molecule has 112 heavy (non-hydrogen) atoms. The fourth-order valence-electron chi connectivity index (χ4n) is 19.4. The number of halogens is 10. The van der Waals surface area contributed by atoms with Crippen LogP contribution in [0.2, 0.25) is 15.1 Å². The first-order valence-electron chi connectivity index (χ1n) is 40.1. The summed E-state index contributed by atoms with van der Waals surface area (Å²) in [6, 6.07) is 19.0. The van der Waals surface area contributed by atoms with E-state index in [0.717, 1.165) is 240 Å². The molecular formula is C86H97Br6Cl4N11O5. The number of alkyl halides is 1. The first kappa shape index (κ1) is 84.1. The summed E-state index contributed by atoms with van der Waals surface area (Å²) in [6.45, 7) is 12.0. The number of carbonyl (C=O) groups excluding carboxylic acids is 5. The van der Waals surface area contributed by atoms with Crippen molar-refractivity contribution in [3.63, 3.8) is 0 Å². The van der Waals surface area contributed by atoms with Gasteiger partial charge < -0.3 is 34.4 Å². The highest BCUT2D eigenvalue weighted by Crippen LogP contribution is 2.51. The van der Waals surface area contributed by atoms with Crippen LogP contribution in [0.4, 0.5) is 0 Å². The first-order chi connectivity index (χ1) is 54.1. The van der Waals surface area contributed by atoms with Crippen LogP contribution in [0.1, 0.15) is 187 Å². The van der Waals surface area contributed by atoms with Crippen molar-refractivity contribution < 1.29 is 24.0 Å². The molecule has 7 aromatic rings. The SMILES string of the molecule is Cc1cn(CC(=O)N2CCC(CC(=O)N3CCC([C@H]4c5ncc(Br)cc5CCc5cc(Cl)cc(Br)c54)CC3)CC2)cn1.O=C(CC1CCNCC1)N1CCC([C@H]2c3ncc(Br)cc3CCc3cc(Cl)cc(Br)c32)CC1.O=C(CCl)N1CCC(CC(=O)N2CCC([C@H]3c4ncc(Br)cc4CCc4cc(Cl)cc(Br)c43)CC2)CC1. The molecule has 0 unspecified atom stereocenters. The minimum atomic E-state index is -0.00840. The molecule has 9 aliphatic rings. The van der Waals surface area contributed by atoms with Crippen molar-refractivity contribution in [3.8, 4) is 0 Å². The third kappa shape index (κ3) is 20.3. The van der Waals surface area contributed by atoms with Gasteiger partial charge in [-0.1, -0.05) is 82.6 Å². The van der Waals surface area contributed by atoms with E-state index >= 15 is 0 Å². The normalized spacial score (nSPS) is 20.7. The smallest absolute Gasteiger partial charge is 0.242 e. The van der Waals surface area contributed by atoms with Gasteiger partial charge in [0, 0.05) is 169 Å². The van der Waals surface area contributed by atoms with Gasteiger partial charge in [0.05, 0.1) is 29.1 Å². The molecule has 0 bridgehead atoms. The van der Waals surface area contributed by atoms with Gasteiger partial charge >= 0.3 is 0 Å². The maximum Gasteiger partial charge on any atom is 0.242 e. The maximum atomic E-state index is 13.4. The molecule has 0 spiro atoms. The minimum absolute atomic E-state index is 0.00840. The number of imidazole rings is 1. The number of aryl methyl sites for hydroxylation is 7. The zero-order chi connectivity index (χ0) is 78.4. The van der Waals surface area contributed by atoms with Crippen molar-refractivity contribution in [3.05, 3.63) is 200 Å². The molecule has 16 rings (SSSR count). The Morgan fingerprint density at radius 1 is 0.393 bits per heavy atom. The summed E-state index contributed by atoms with van der Waals surface area (Å²) < 4.78 is 8.06. The Bertz CT molecular complexity index is 4590. The van der Waals surface area contributed by atoms with Gasteiger partial charge in [-0.3, -0.25) is 38.9 Å². The summed E-state index contributed by atoms with van der Waals surface area (Å²) in [6.07, 6.45) is 28.4. The van der Waals surface area contributed by atoms with Gasteiger partial charge in [-0.15, -0.1) is 11.6 Å². The van der Waals surface area contributed by atoms with Crippen LogP contribution in [0.15, 0.2) is 113 Å². The van der Waals surface area contributed by atoms with E-state index in [0.29, 0.717) is 80.3 Å². The van der Waals surface area contributed by atoms with E-state index in [1.54, 1.807) is 6.33 Å². The molecular weight excluding hydrogens is 1890 g/mol. The van der Waals surface area contributed by atoms with Gasteiger partial charge in [-0.2, -0.15) is 0 Å². The molecule has 26 heteroatoms. The van der Waals surface area contributed by atoms with Gasteiger partial charge in [0.25, 0.3) is 0 Å². The lowest BCUT2D eigenvalue weighted by Crippen LogP contribution is -2.43. The Morgan fingerprint density at radius 3 is 1.02 bits per heavy atom. The van der Waals surface area contributed by atoms with E-state index in [9.17, 15) is 24.0 Å². The number of nitrogens with zero attached hydrogens (tertiary/aromatic N) is 10. The number of aromatic nitrogens is 5. The van der Waals surface area contributed by atoms with Crippen LogP contribution >= 0.6 is 142 Å². The standard InChI is InChI=1S/C32H36Br2ClN5O2.C28H31Br2Cl2N3O2.C26H30Br2ClN3O/c1-20-17-38(19-37-20)18-29(42)40-8-4-21(5-9-40)12-28(41)39-10-6-22(7-11-39)31-30-23(14-26(35)15-27(30)34)2-3-24-13-25(33)16-36-32(24)31;29-21-12-20-2-1-19-13-22(32)14-23(30)26(19)27(28(20)33-16-21)18-5-9-34(10-6-18)24(36)11-17-3-7-35(8-4-17)25(37)15-31;27-20-12-19-2-1-18-13-21(29)14-22(28)24(18)25(26(19)31-15-20)17-5-9-32(10-6-17)23(33)11-16-3-7-30-8-4-16/h13-17,19,21-22,31H,2-12,18H2,1H3;12-14,16-18,27H,1-11,15H2;12-17,25,30H,1-11H2/t31-;27-;25-/m111/s1. The summed E-state index contributed by atoms with van der Waals surface area (Å²) >= 11 is 47.4. The third-order valence-electron chi connectivity index (χ3n) is 25.3. The van der Waals surface area contributed by atoms with Crippen molar-refractivity contribution in [1.29, 1.82) is 0 Å². The predicted molar refractivity (Wildman–Crippen MR) is 465 cm³/mol. The first-order valence-corrected chi connectivity index (χ1v) is 46.5.